The van der Waals surface area contributed by atoms with Crippen LogP contribution >= 0.6 is 0 Å². The lowest BCUT2D eigenvalue weighted by Gasteiger charge is -2.29. The van der Waals surface area contributed by atoms with E-state index in [-0.39, 0.29) is 94.5 Å². The molecule has 28 heteroatoms. The van der Waals surface area contributed by atoms with Crippen LogP contribution in [0.3, 0.4) is 0 Å². The number of nitrogens with one attached hydrogen (secondary N) is 4. The first-order valence-corrected chi connectivity index (χ1v) is 54.2. The number of hydrogen-bond acceptors (Lipinski definition) is 24. The molecular formula is C116H152F4N12O12. The molecule has 776 valence electrons. The van der Waals surface area contributed by atoms with Gasteiger partial charge in [-0.15, -0.1) is 0 Å². The summed E-state index contributed by atoms with van der Waals surface area (Å²) in [7, 11) is 0. The summed E-state index contributed by atoms with van der Waals surface area (Å²) < 4.78 is 104. The first-order valence-electron chi connectivity index (χ1n) is 54.2. The summed E-state index contributed by atoms with van der Waals surface area (Å²) in [4.78, 5) is 79.0. The van der Waals surface area contributed by atoms with E-state index in [4.69, 9.17) is 57.8 Å². The van der Waals surface area contributed by atoms with Gasteiger partial charge in [0.05, 0.1) is 75.0 Å². The Kier molecular flexibility index (Phi) is 39.0. The molecule has 24 nitrogen and oxygen atoms in total. The van der Waals surface area contributed by atoms with Crippen LogP contribution in [0.15, 0.2) is 121 Å². The summed E-state index contributed by atoms with van der Waals surface area (Å²) in [5, 5.41) is 13.6. The molecule has 0 bridgehead atoms. The summed E-state index contributed by atoms with van der Waals surface area (Å²) in [6, 6.07) is 35.3. The number of fused-ring (bicyclic) bond motifs is 4. The second-order valence-corrected chi connectivity index (χ2v) is 41.7. The molecule has 8 saturated heterocycles. The molecule has 0 amide bonds. The fourth-order valence-corrected chi connectivity index (χ4v) is 23.6. The van der Waals surface area contributed by atoms with Crippen LogP contribution in [0, 0.1) is 23.3 Å². The highest BCUT2D eigenvalue weighted by Gasteiger charge is 2.42. The van der Waals surface area contributed by atoms with Crippen molar-refractivity contribution in [2.24, 2.45) is 0 Å². The molecule has 0 spiro atoms. The second-order valence-electron chi connectivity index (χ2n) is 41.7. The van der Waals surface area contributed by atoms with Gasteiger partial charge in [0.2, 0.25) is 0 Å². The van der Waals surface area contributed by atoms with Crippen LogP contribution in [-0.4, -0.2) is 245 Å². The fourth-order valence-electron chi connectivity index (χ4n) is 23.6. The van der Waals surface area contributed by atoms with E-state index in [1.165, 1.54) is 72.2 Å². The topological polar surface area (TPSA) is 255 Å². The number of carbonyl (C=O) groups is 4. The van der Waals surface area contributed by atoms with Crippen molar-refractivity contribution in [3.8, 4) is 0 Å². The number of rotatable bonds is 40. The Labute approximate surface area is 848 Å². The van der Waals surface area contributed by atoms with Gasteiger partial charge in [-0.2, -0.15) is 0 Å². The van der Waals surface area contributed by atoms with Crippen molar-refractivity contribution < 1.29 is 74.6 Å². The molecule has 20 rings (SSSR count). The zero-order valence-electron chi connectivity index (χ0n) is 85.2. The van der Waals surface area contributed by atoms with Gasteiger partial charge in [-0.1, -0.05) is 48.5 Å². The molecule has 12 atom stereocenters. The maximum Gasteiger partial charge on any atom is 0.151 e. The lowest BCUT2D eigenvalue weighted by Crippen LogP contribution is -2.33. The van der Waals surface area contributed by atoms with Gasteiger partial charge < -0.3 is 59.2 Å². The molecule has 16 heterocycles. The number of ketones is 4. The molecule has 8 fully saturated rings. The van der Waals surface area contributed by atoms with Crippen LogP contribution < -0.4 is 21.3 Å². The Balaban J connectivity index is 0.000000132. The number of Topliss-reactive ketones (excluding diaryl/α,β-unsaturated/α-hetero) is 4. The van der Waals surface area contributed by atoms with Gasteiger partial charge in [0.15, 0.2) is 23.1 Å². The van der Waals surface area contributed by atoms with E-state index < -0.39 is 24.2 Å². The number of aromatic nitrogens is 4. The van der Waals surface area contributed by atoms with Crippen molar-refractivity contribution in [2.75, 3.05) is 179 Å². The summed E-state index contributed by atoms with van der Waals surface area (Å²) in [6.07, 6.45) is 28.6. The average molecular weight is 1980 g/mol. The Bertz CT molecular complexity index is 4890. The smallest absolute Gasteiger partial charge is 0.151 e. The minimum Gasteiger partial charge on any atom is -0.381 e. The van der Waals surface area contributed by atoms with Crippen LogP contribution in [0.2, 0.25) is 0 Å². The highest BCUT2D eigenvalue weighted by molar-refractivity contribution is 5.85. The molecule has 144 heavy (non-hydrogen) atoms. The number of nitrogens with zero attached hydrogens (tertiary/aromatic N) is 8. The Hall–Kier alpha value is -9.40. The normalized spacial score (nSPS) is 22.8. The largest absolute Gasteiger partial charge is 0.381 e. The number of carbonyl (C=O) groups excluding carboxylic acids is 4. The van der Waals surface area contributed by atoms with E-state index >= 15 is 0 Å². The predicted octanol–water partition coefficient (Wildman–Crippen LogP) is 19.3. The van der Waals surface area contributed by atoms with Crippen LogP contribution in [0.1, 0.15) is 293 Å². The summed E-state index contributed by atoms with van der Waals surface area (Å²) >= 11 is 0. The monoisotopic (exact) mass is 1980 g/mol. The standard InChI is InChI=1S/4C29H38FN3O3/c4*1-20(34)28(27-17-23(30)8-10-26(27)22-12-16-35-19-22)33-14-11-25(18-33)36-15-3-2-6-24-9-7-21-5-4-13-31-29(21)32-24/h4*7-10,17,22,25,28H,2-6,11-16,18-19H2,1H3,(H,31,32)/t22-,25+,28+;22-,25+,28-;22-,25-,28+;22-,25-,28-/m0011/s1. The van der Waals surface area contributed by atoms with Crippen LogP contribution in [0.5, 0.6) is 0 Å². The Morgan fingerprint density at radius 1 is 0.319 bits per heavy atom. The number of aryl methyl sites for hydroxylation is 8. The van der Waals surface area contributed by atoms with Crippen LogP contribution in [-0.2, 0) is 108 Å². The highest BCUT2D eigenvalue weighted by atomic mass is 19.1. The van der Waals surface area contributed by atoms with Crippen molar-refractivity contribution >= 4 is 46.4 Å². The fraction of sp³-hybridized carbons (Fsp3) is 0.586. The number of pyridine rings is 4. The number of benzene rings is 4. The van der Waals surface area contributed by atoms with E-state index in [9.17, 15) is 36.7 Å². The molecule has 0 radical (unpaired) electrons. The molecule has 0 saturated carbocycles. The van der Waals surface area contributed by atoms with Crippen molar-refractivity contribution in [2.45, 2.75) is 280 Å². The van der Waals surface area contributed by atoms with E-state index in [1.54, 1.807) is 52.0 Å². The number of anilines is 4. The third-order valence-electron chi connectivity index (χ3n) is 31.1. The average Bonchev–Trinajstić information content (AvgIpc) is 1.53. The van der Waals surface area contributed by atoms with Crippen LogP contribution in [0.25, 0.3) is 0 Å². The van der Waals surface area contributed by atoms with Gasteiger partial charge >= 0.3 is 0 Å². The molecule has 4 aromatic carbocycles. The minimum absolute atomic E-state index is 0.0495. The first kappa shape index (κ1) is 106. The van der Waals surface area contributed by atoms with Crippen molar-refractivity contribution in [1.29, 1.82) is 0 Å². The van der Waals surface area contributed by atoms with Gasteiger partial charge in [0.1, 0.15) is 46.5 Å². The van der Waals surface area contributed by atoms with Gasteiger partial charge in [-0.05, 0) is 347 Å². The van der Waals surface area contributed by atoms with Gasteiger partial charge in [-0.25, -0.2) is 37.5 Å². The Morgan fingerprint density at radius 3 is 0.757 bits per heavy atom. The number of unbranched alkanes of at least 4 members (excludes halogenated alkanes) is 4. The Morgan fingerprint density at radius 2 is 0.549 bits per heavy atom. The lowest BCUT2D eigenvalue weighted by atomic mass is 9.88. The molecule has 4 aromatic heterocycles. The zero-order valence-corrected chi connectivity index (χ0v) is 85.2. The number of likely N-dealkylation sites (tertiary alicyclic amines) is 4. The predicted molar refractivity (Wildman–Crippen MR) is 552 cm³/mol. The molecule has 4 N–H and O–H groups in total. The van der Waals surface area contributed by atoms with Crippen LogP contribution in [0.4, 0.5) is 40.8 Å². The van der Waals surface area contributed by atoms with Gasteiger partial charge in [0.25, 0.3) is 0 Å². The van der Waals surface area contributed by atoms with Gasteiger partial charge in [-0.3, -0.25) is 38.8 Å². The van der Waals surface area contributed by atoms with Crippen molar-refractivity contribution in [1.82, 2.24) is 39.5 Å². The number of ether oxygens (including phenoxy) is 8. The zero-order chi connectivity index (χ0) is 99.6. The number of hydrogen-bond donors (Lipinski definition) is 4. The summed E-state index contributed by atoms with van der Waals surface area (Å²) in [5.74, 6) is 4.13. The lowest BCUT2D eigenvalue weighted by molar-refractivity contribution is -0.123. The third kappa shape index (κ3) is 28.8. The molecule has 0 unspecified atom stereocenters. The molecular weight excluding hydrogens is 1830 g/mol. The maximum atomic E-state index is 14.3. The quantitative estimate of drug-likeness (QED) is 0.0206. The first-order chi connectivity index (χ1) is 70.3. The second kappa shape index (κ2) is 53.0. The molecule has 8 aromatic rings. The number of halogens is 4. The van der Waals surface area contributed by atoms with E-state index in [1.807, 2.05) is 24.3 Å². The van der Waals surface area contributed by atoms with E-state index in [0.717, 1.165) is 297 Å². The molecule has 12 aliphatic rings. The third-order valence-corrected chi connectivity index (χ3v) is 31.1. The molecule has 0 aliphatic carbocycles. The highest BCUT2D eigenvalue weighted by Crippen LogP contribution is 2.43. The van der Waals surface area contributed by atoms with Gasteiger partial charge in [0, 0.05) is 178 Å². The summed E-state index contributed by atoms with van der Waals surface area (Å²) in [6.45, 7) is 24.6. The summed E-state index contributed by atoms with van der Waals surface area (Å²) in [5.41, 5.74) is 17.2. The van der Waals surface area contributed by atoms with Crippen molar-refractivity contribution in [3.63, 3.8) is 0 Å². The van der Waals surface area contributed by atoms with Crippen molar-refractivity contribution in [3.05, 3.63) is 234 Å². The SMILES string of the molecule is CC(=O)[C@@H](c1cc(F)ccc1[C@@H]1CCOC1)N1CC[C@@H](OCCCCc2ccc3c(n2)NCCC3)C1.CC(=O)[C@@H](c1cc(F)ccc1[C@H]1CCOC1)N1CC[C@@H](OCCCCc2ccc3c(n2)NCCC3)C1.CC(=O)[C@H](c1cc(F)ccc1[C@@H]1CCOC1)N1CC[C@@H](OCCCCc2ccc3c(n2)NCCC3)C1.CC(=O)[C@H](c1cc(F)ccc1[C@H]1CCOC1)N1CC[C@@H](OCCCCc2ccc3c(n2)NCCC3)C1. The van der Waals surface area contributed by atoms with E-state index in [2.05, 4.69) is 89.4 Å². The molecule has 12 aliphatic heterocycles. The van der Waals surface area contributed by atoms with E-state index in [0.29, 0.717) is 105 Å². The maximum absolute atomic E-state index is 14.3. The minimum atomic E-state index is -0.436.